The summed E-state index contributed by atoms with van der Waals surface area (Å²) in [6.07, 6.45) is 3.13. The largest absolute Gasteiger partial charge is 0.480 e. The average molecular weight is 322 g/mol. The smallest absolute Gasteiger partial charge is 0.317 e. The molecule has 2 unspecified atom stereocenters. The Labute approximate surface area is 137 Å². The third-order valence-electron chi connectivity index (χ3n) is 4.77. The molecule has 0 amide bonds. The van der Waals surface area contributed by atoms with Gasteiger partial charge in [0.05, 0.1) is 6.54 Å². The molecule has 5 heteroatoms. The minimum absolute atomic E-state index is 0.108. The van der Waals surface area contributed by atoms with Crippen molar-refractivity contribution in [3.8, 4) is 0 Å². The molecule has 128 valence electrons. The molecule has 0 spiro atoms. The van der Waals surface area contributed by atoms with E-state index in [1.807, 2.05) is 24.1 Å². The monoisotopic (exact) mass is 322 g/mol. The molecule has 1 N–H and O–H groups in total. The lowest BCUT2D eigenvalue weighted by molar-refractivity contribution is -0.138. The summed E-state index contributed by atoms with van der Waals surface area (Å²) in [7, 11) is 1.90. The lowest BCUT2D eigenvalue weighted by Gasteiger charge is -2.26. The van der Waals surface area contributed by atoms with Gasteiger partial charge in [0.2, 0.25) is 0 Å². The molecule has 0 aromatic heterocycles. The number of hydrogen-bond acceptors (Lipinski definition) is 3. The molecular weight excluding hydrogens is 295 g/mol. The van der Waals surface area contributed by atoms with Crippen LogP contribution in [0.2, 0.25) is 0 Å². The maximum absolute atomic E-state index is 13.0. The van der Waals surface area contributed by atoms with Gasteiger partial charge in [-0.3, -0.25) is 9.69 Å². The van der Waals surface area contributed by atoms with Gasteiger partial charge in [0.1, 0.15) is 5.82 Å². The van der Waals surface area contributed by atoms with Gasteiger partial charge in [0, 0.05) is 12.6 Å². The minimum atomic E-state index is -0.765. The SMILES string of the molecule is CC(CN1CCCC(N(C)CC(=O)O)CC1)c1ccc(F)cc1. The first-order chi connectivity index (χ1) is 11.0. The summed E-state index contributed by atoms with van der Waals surface area (Å²) in [4.78, 5) is 15.3. The van der Waals surface area contributed by atoms with Gasteiger partial charge in [-0.1, -0.05) is 19.1 Å². The van der Waals surface area contributed by atoms with Crippen LogP contribution in [0.3, 0.4) is 0 Å². The second-order valence-electron chi connectivity index (χ2n) is 6.65. The second-order valence-corrected chi connectivity index (χ2v) is 6.65. The third-order valence-corrected chi connectivity index (χ3v) is 4.77. The summed E-state index contributed by atoms with van der Waals surface area (Å²) < 4.78 is 13.0. The fourth-order valence-electron chi connectivity index (χ4n) is 3.39. The molecule has 0 radical (unpaired) electrons. The third kappa shape index (κ3) is 5.59. The van der Waals surface area contributed by atoms with Crippen molar-refractivity contribution in [2.75, 3.05) is 33.2 Å². The number of likely N-dealkylation sites (N-methyl/N-ethyl adjacent to an activating group) is 1. The summed E-state index contributed by atoms with van der Waals surface area (Å²) in [6, 6.07) is 7.11. The number of nitrogens with zero attached hydrogens (tertiary/aromatic N) is 2. The highest BCUT2D eigenvalue weighted by atomic mass is 19.1. The van der Waals surface area contributed by atoms with Crippen molar-refractivity contribution in [2.24, 2.45) is 0 Å². The van der Waals surface area contributed by atoms with Crippen LogP contribution >= 0.6 is 0 Å². The van der Waals surface area contributed by atoms with Crippen molar-refractivity contribution in [3.05, 3.63) is 35.6 Å². The molecule has 1 aliphatic heterocycles. The van der Waals surface area contributed by atoms with Gasteiger partial charge < -0.3 is 10.0 Å². The molecule has 2 rings (SSSR count). The van der Waals surface area contributed by atoms with E-state index >= 15 is 0 Å². The van der Waals surface area contributed by atoms with E-state index in [4.69, 9.17) is 5.11 Å². The molecule has 2 atom stereocenters. The number of halogens is 1. The number of likely N-dealkylation sites (tertiary alicyclic amines) is 1. The van der Waals surface area contributed by atoms with Gasteiger partial charge in [-0.2, -0.15) is 0 Å². The summed E-state index contributed by atoms with van der Waals surface area (Å²) in [5.74, 6) is -0.595. The lowest BCUT2D eigenvalue weighted by Crippen LogP contribution is -2.37. The topological polar surface area (TPSA) is 43.8 Å². The molecule has 4 nitrogen and oxygen atoms in total. The van der Waals surface area contributed by atoms with E-state index in [-0.39, 0.29) is 12.4 Å². The zero-order valence-corrected chi connectivity index (χ0v) is 14.0. The second kappa shape index (κ2) is 8.41. The first-order valence-electron chi connectivity index (χ1n) is 8.35. The maximum atomic E-state index is 13.0. The Bertz CT molecular complexity index is 506. The highest BCUT2D eigenvalue weighted by Gasteiger charge is 2.22. The first-order valence-corrected chi connectivity index (χ1v) is 8.35. The molecule has 1 heterocycles. The number of aliphatic carboxylic acids is 1. The number of carboxylic acids is 1. The fraction of sp³-hybridized carbons (Fsp3) is 0.611. The molecule has 23 heavy (non-hydrogen) atoms. The van der Waals surface area contributed by atoms with E-state index in [0.717, 1.165) is 44.5 Å². The Balaban J connectivity index is 1.85. The molecule has 0 saturated carbocycles. The minimum Gasteiger partial charge on any atom is -0.480 e. The maximum Gasteiger partial charge on any atom is 0.317 e. The van der Waals surface area contributed by atoms with Crippen molar-refractivity contribution in [1.29, 1.82) is 0 Å². The van der Waals surface area contributed by atoms with Crippen molar-refractivity contribution >= 4 is 5.97 Å². The molecule has 1 aliphatic rings. The van der Waals surface area contributed by atoms with Crippen LogP contribution in [-0.2, 0) is 4.79 Å². The van der Waals surface area contributed by atoms with Crippen LogP contribution in [0.4, 0.5) is 4.39 Å². The predicted molar refractivity (Wildman–Crippen MR) is 89.2 cm³/mol. The molecule has 1 saturated heterocycles. The Kier molecular flexibility index (Phi) is 6.54. The van der Waals surface area contributed by atoms with Gasteiger partial charge in [-0.05, 0) is 63.0 Å². The van der Waals surface area contributed by atoms with Gasteiger partial charge in [-0.15, -0.1) is 0 Å². The lowest BCUT2D eigenvalue weighted by atomic mass is 10.0. The molecule has 0 bridgehead atoms. The van der Waals surface area contributed by atoms with Crippen LogP contribution in [0.5, 0.6) is 0 Å². The van der Waals surface area contributed by atoms with E-state index < -0.39 is 5.97 Å². The fourth-order valence-corrected chi connectivity index (χ4v) is 3.39. The van der Waals surface area contributed by atoms with E-state index in [1.165, 1.54) is 12.1 Å². The zero-order valence-electron chi connectivity index (χ0n) is 14.0. The molecule has 0 aliphatic carbocycles. The number of benzene rings is 1. The Morgan fingerprint density at radius 1 is 1.35 bits per heavy atom. The normalized spacial score (nSPS) is 21.1. The van der Waals surface area contributed by atoms with Gasteiger partial charge in [0.15, 0.2) is 0 Å². The highest BCUT2D eigenvalue weighted by molar-refractivity contribution is 5.69. The van der Waals surface area contributed by atoms with Crippen molar-refractivity contribution in [3.63, 3.8) is 0 Å². The predicted octanol–water partition coefficient (Wildman–Crippen LogP) is 2.80. The summed E-state index contributed by atoms with van der Waals surface area (Å²) in [5, 5.41) is 8.92. The molecular formula is C18H27FN2O2. The zero-order chi connectivity index (χ0) is 16.8. The van der Waals surface area contributed by atoms with Crippen molar-refractivity contribution in [1.82, 2.24) is 9.80 Å². The van der Waals surface area contributed by atoms with E-state index in [1.54, 1.807) is 0 Å². The average Bonchev–Trinajstić information content (AvgIpc) is 2.73. The van der Waals surface area contributed by atoms with Crippen LogP contribution in [0, 0.1) is 5.82 Å². The van der Waals surface area contributed by atoms with Crippen LogP contribution in [-0.4, -0.2) is 60.1 Å². The molecule has 1 aromatic carbocycles. The van der Waals surface area contributed by atoms with E-state index in [0.29, 0.717) is 12.0 Å². The first kappa shape index (κ1) is 17.9. The van der Waals surface area contributed by atoms with E-state index in [2.05, 4.69) is 11.8 Å². The van der Waals surface area contributed by atoms with Crippen LogP contribution < -0.4 is 0 Å². The van der Waals surface area contributed by atoms with Crippen LogP contribution in [0.25, 0.3) is 0 Å². The van der Waals surface area contributed by atoms with Crippen LogP contribution in [0.1, 0.15) is 37.7 Å². The number of rotatable bonds is 6. The van der Waals surface area contributed by atoms with Gasteiger partial charge in [-0.25, -0.2) is 4.39 Å². The summed E-state index contributed by atoms with van der Waals surface area (Å²) in [6.45, 7) is 5.27. The quantitative estimate of drug-likeness (QED) is 0.875. The Morgan fingerprint density at radius 2 is 2.04 bits per heavy atom. The Morgan fingerprint density at radius 3 is 2.70 bits per heavy atom. The number of hydrogen-bond donors (Lipinski definition) is 1. The van der Waals surface area contributed by atoms with Gasteiger partial charge in [0.25, 0.3) is 0 Å². The van der Waals surface area contributed by atoms with Gasteiger partial charge >= 0.3 is 5.97 Å². The van der Waals surface area contributed by atoms with Crippen LogP contribution in [0.15, 0.2) is 24.3 Å². The van der Waals surface area contributed by atoms with Crippen molar-refractivity contribution < 1.29 is 14.3 Å². The van der Waals surface area contributed by atoms with Crippen molar-refractivity contribution in [2.45, 2.75) is 38.1 Å². The molecule has 1 fully saturated rings. The number of carboxylic acid groups (broad SMARTS) is 1. The summed E-state index contributed by atoms with van der Waals surface area (Å²) >= 11 is 0. The highest BCUT2D eigenvalue weighted by Crippen LogP contribution is 2.21. The summed E-state index contributed by atoms with van der Waals surface area (Å²) in [5.41, 5.74) is 1.16. The number of carbonyl (C=O) groups is 1. The molecule has 1 aromatic rings. The van der Waals surface area contributed by atoms with E-state index in [9.17, 15) is 9.18 Å². The Hall–Kier alpha value is -1.46. The standard InChI is InChI=1S/C18H27FN2O2/c1-14(15-5-7-16(19)8-6-15)12-21-10-3-4-17(9-11-21)20(2)13-18(22)23/h5-8,14,17H,3-4,9-13H2,1-2H3,(H,22,23).